The smallest absolute Gasteiger partial charge is 0.328 e. The van der Waals surface area contributed by atoms with Crippen molar-refractivity contribution in [2.75, 3.05) is 0 Å². The van der Waals surface area contributed by atoms with Crippen molar-refractivity contribution >= 4 is 33.7 Å². The molecule has 0 radical (unpaired) electrons. The van der Waals surface area contributed by atoms with E-state index >= 15 is 0 Å². The third kappa shape index (κ3) is 3.55. The Bertz CT molecular complexity index is 740. The average molecular weight is 348 g/mol. The van der Waals surface area contributed by atoms with E-state index in [9.17, 15) is 14.9 Å². The predicted octanol–water partition coefficient (Wildman–Crippen LogP) is 4.12. The molecule has 106 valence electrons. The molecule has 6 heteroatoms. The third-order valence-corrected chi connectivity index (χ3v) is 3.30. The van der Waals surface area contributed by atoms with Gasteiger partial charge in [-0.15, -0.1) is 0 Å². The van der Waals surface area contributed by atoms with Crippen LogP contribution >= 0.6 is 15.9 Å². The second-order valence-electron chi connectivity index (χ2n) is 4.18. The molecule has 0 aliphatic rings. The summed E-state index contributed by atoms with van der Waals surface area (Å²) in [5.74, 6) is -1.08. The Morgan fingerprint density at radius 1 is 1.19 bits per heavy atom. The fraction of sp³-hybridized carbons (Fsp3) is 0. The number of benzene rings is 2. The van der Waals surface area contributed by atoms with Crippen molar-refractivity contribution in [1.29, 1.82) is 0 Å². The molecule has 0 aliphatic carbocycles. The first-order valence-electron chi connectivity index (χ1n) is 5.93. The molecule has 0 amide bonds. The van der Waals surface area contributed by atoms with Gasteiger partial charge in [-0.05, 0) is 35.4 Å². The predicted molar refractivity (Wildman–Crippen MR) is 82.9 cm³/mol. The molecule has 0 fully saturated rings. The zero-order valence-electron chi connectivity index (χ0n) is 10.7. The highest BCUT2D eigenvalue weighted by Crippen LogP contribution is 2.34. The number of hydrogen-bond acceptors (Lipinski definition) is 3. The second-order valence-corrected chi connectivity index (χ2v) is 5.09. The highest BCUT2D eigenvalue weighted by Gasteiger charge is 2.16. The molecule has 1 N–H and O–H groups in total. The summed E-state index contributed by atoms with van der Waals surface area (Å²) in [6, 6.07) is 11.5. The number of aliphatic carboxylic acids is 1. The van der Waals surface area contributed by atoms with Crippen LogP contribution in [0.25, 0.3) is 17.2 Å². The molecule has 0 spiro atoms. The summed E-state index contributed by atoms with van der Waals surface area (Å²) >= 11 is 3.32. The Morgan fingerprint density at radius 3 is 2.57 bits per heavy atom. The topological polar surface area (TPSA) is 80.4 Å². The van der Waals surface area contributed by atoms with Crippen molar-refractivity contribution in [3.05, 3.63) is 68.7 Å². The van der Waals surface area contributed by atoms with Crippen LogP contribution < -0.4 is 0 Å². The molecule has 0 atom stereocenters. The van der Waals surface area contributed by atoms with Crippen LogP contribution in [0.15, 0.2) is 53.0 Å². The third-order valence-electron chi connectivity index (χ3n) is 2.81. The lowest BCUT2D eigenvalue weighted by Gasteiger charge is -2.08. The van der Waals surface area contributed by atoms with Crippen molar-refractivity contribution in [3.8, 4) is 11.1 Å². The van der Waals surface area contributed by atoms with Gasteiger partial charge in [0.1, 0.15) is 0 Å². The Balaban J connectivity index is 2.65. The SMILES string of the molecule is O=C(O)/C=C/c1ccc(Br)cc1-c1ccccc1[N+](=O)[O-]. The van der Waals surface area contributed by atoms with Gasteiger partial charge < -0.3 is 5.11 Å². The molecule has 0 aliphatic heterocycles. The zero-order chi connectivity index (χ0) is 15.4. The van der Waals surface area contributed by atoms with Crippen LogP contribution in [-0.4, -0.2) is 16.0 Å². The van der Waals surface area contributed by atoms with Gasteiger partial charge in [-0.1, -0.05) is 34.1 Å². The lowest BCUT2D eigenvalue weighted by atomic mass is 9.98. The van der Waals surface area contributed by atoms with Gasteiger partial charge >= 0.3 is 5.97 Å². The van der Waals surface area contributed by atoms with Crippen molar-refractivity contribution in [3.63, 3.8) is 0 Å². The summed E-state index contributed by atoms with van der Waals surface area (Å²) in [7, 11) is 0. The molecule has 0 heterocycles. The van der Waals surface area contributed by atoms with Crippen LogP contribution in [0.3, 0.4) is 0 Å². The zero-order valence-corrected chi connectivity index (χ0v) is 12.3. The van der Waals surface area contributed by atoms with Crippen molar-refractivity contribution in [1.82, 2.24) is 0 Å². The first kappa shape index (κ1) is 14.9. The van der Waals surface area contributed by atoms with Gasteiger partial charge in [0.25, 0.3) is 5.69 Å². The molecule has 0 bridgehead atoms. The number of nitrogens with zero attached hydrogens (tertiary/aromatic N) is 1. The minimum absolute atomic E-state index is 0.0272. The maximum Gasteiger partial charge on any atom is 0.328 e. The molecule has 5 nitrogen and oxygen atoms in total. The number of para-hydroxylation sites is 1. The minimum atomic E-state index is -1.08. The number of nitro benzene ring substituents is 1. The Labute approximate surface area is 128 Å². The van der Waals surface area contributed by atoms with Gasteiger partial charge in [0.05, 0.1) is 10.5 Å². The van der Waals surface area contributed by atoms with Gasteiger partial charge in [0.15, 0.2) is 0 Å². The largest absolute Gasteiger partial charge is 0.478 e. The molecule has 0 aromatic heterocycles. The van der Waals surface area contributed by atoms with Crippen molar-refractivity contribution in [2.24, 2.45) is 0 Å². The van der Waals surface area contributed by atoms with E-state index in [2.05, 4.69) is 15.9 Å². The lowest BCUT2D eigenvalue weighted by Crippen LogP contribution is -1.93. The first-order chi connectivity index (χ1) is 9.99. The standard InChI is InChI=1S/C15H10BrNO4/c16-11-7-5-10(6-8-15(18)19)13(9-11)12-3-1-2-4-14(12)17(20)21/h1-9H,(H,18,19)/b8-6+. The van der Waals surface area contributed by atoms with E-state index in [1.807, 2.05) is 0 Å². The molecule has 0 unspecified atom stereocenters. The number of halogens is 1. The van der Waals surface area contributed by atoms with E-state index in [1.165, 1.54) is 12.1 Å². The van der Waals surface area contributed by atoms with Gasteiger partial charge in [0.2, 0.25) is 0 Å². The first-order valence-corrected chi connectivity index (χ1v) is 6.72. The number of carbonyl (C=O) groups is 1. The number of hydrogen-bond donors (Lipinski definition) is 1. The van der Waals surface area contributed by atoms with E-state index < -0.39 is 10.9 Å². The quantitative estimate of drug-likeness (QED) is 0.512. The van der Waals surface area contributed by atoms with Crippen molar-refractivity contribution in [2.45, 2.75) is 0 Å². The molecule has 0 saturated heterocycles. The van der Waals surface area contributed by atoms with E-state index in [0.29, 0.717) is 16.7 Å². The summed E-state index contributed by atoms with van der Waals surface area (Å²) in [6.07, 6.45) is 2.42. The summed E-state index contributed by atoms with van der Waals surface area (Å²) in [5.41, 5.74) is 1.60. The Morgan fingerprint density at radius 2 is 1.90 bits per heavy atom. The number of carboxylic acids is 1. The van der Waals surface area contributed by atoms with E-state index in [1.54, 1.807) is 36.4 Å². The van der Waals surface area contributed by atoms with Crippen LogP contribution in [0.2, 0.25) is 0 Å². The van der Waals surface area contributed by atoms with Crippen LogP contribution in [0, 0.1) is 10.1 Å². The number of rotatable bonds is 4. The minimum Gasteiger partial charge on any atom is -0.478 e. The maximum absolute atomic E-state index is 11.1. The van der Waals surface area contributed by atoms with E-state index in [-0.39, 0.29) is 5.69 Å². The highest BCUT2D eigenvalue weighted by molar-refractivity contribution is 9.10. The molecule has 2 rings (SSSR count). The van der Waals surface area contributed by atoms with Gasteiger partial charge in [-0.25, -0.2) is 4.79 Å². The summed E-state index contributed by atoms with van der Waals surface area (Å²) in [4.78, 5) is 21.3. The summed E-state index contributed by atoms with van der Waals surface area (Å²) in [5, 5.41) is 19.9. The highest BCUT2D eigenvalue weighted by atomic mass is 79.9. The fourth-order valence-corrected chi connectivity index (χ4v) is 2.29. The summed E-state index contributed by atoms with van der Waals surface area (Å²) < 4.78 is 0.753. The van der Waals surface area contributed by atoms with E-state index in [4.69, 9.17) is 5.11 Å². The molecule has 2 aromatic rings. The van der Waals surface area contributed by atoms with Crippen LogP contribution in [0.5, 0.6) is 0 Å². The second kappa shape index (κ2) is 6.32. The fourth-order valence-electron chi connectivity index (χ4n) is 1.93. The number of nitro groups is 1. The molecule has 2 aromatic carbocycles. The molecular formula is C15H10BrNO4. The van der Waals surface area contributed by atoms with Crippen LogP contribution in [0.1, 0.15) is 5.56 Å². The van der Waals surface area contributed by atoms with Gasteiger partial charge in [-0.2, -0.15) is 0 Å². The van der Waals surface area contributed by atoms with E-state index in [0.717, 1.165) is 10.5 Å². The van der Waals surface area contributed by atoms with Crippen LogP contribution in [-0.2, 0) is 4.79 Å². The normalized spacial score (nSPS) is 10.7. The lowest BCUT2D eigenvalue weighted by molar-refractivity contribution is -0.384. The Kier molecular flexibility index (Phi) is 4.49. The Hall–Kier alpha value is -2.47. The summed E-state index contributed by atoms with van der Waals surface area (Å²) in [6.45, 7) is 0. The van der Waals surface area contributed by atoms with Crippen molar-refractivity contribution < 1.29 is 14.8 Å². The number of carboxylic acid groups (broad SMARTS) is 1. The average Bonchev–Trinajstić information content (AvgIpc) is 2.45. The molecular weight excluding hydrogens is 338 g/mol. The molecule has 21 heavy (non-hydrogen) atoms. The monoisotopic (exact) mass is 347 g/mol. The maximum atomic E-state index is 11.1. The van der Waals surface area contributed by atoms with Gasteiger partial charge in [0, 0.05) is 16.6 Å². The van der Waals surface area contributed by atoms with Gasteiger partial charge in [-0.3, -0.25) is 10.1 Å². The molecule has 0 saturated carbocycles. The van der Waals surface area contributed by atoms with Crippen LogP contribution in [0.4, 0.5) is 5.69 Å².